The first-order valence-corrected chi connectivity index (χ1v) is 6.64. The number of aliphatic hydroxyl groups is 1. The fraction of sp³-hybridized carbons (Fsp3) is 0.438. The second kappa shape index (κ2) is 8.34. The summed E-state index contributed by atoms with van der Waals surface area (Å²) in [5.41, 5.74) is 1.48. The summed E-state index contributed by atoms with van der Waals surface area (Å²) >= 11 is 0. The molecule has 3 heteroatoms. The van der Waals surface area contributed by atoms with Crippen LogP contribution >= 0.6 is 0 Å². The van der Waals surface area contributed by atoms with Crippen LogP contribution in [0, 0.1) is 11.8 Å². The van der Waals surface area contributed by atoms with Gasteiger partial charge in [-0.3, -0.25) is 4.79 Å². The van der Waals surface area contributed by atoms with E-state index in [1.54, 1.807) is 29.2 Å². The molecule has 0 aliphatic rings. The minimum Gasteiger partial charge on any atom is -0.384 e. The van der Waals surface area contributed by atoms with Crippen molar-refractivity contribution in [3.63, 3.8) is 0 Å². The van der Waals surface area contributed by atoms with Crippen LogP contribution in [0.1, 0.15) is 42.1 Å². The maximum atomic E-state index is 12.1. The highest BCUT2D eigenvalue weighted by Crippen LogP contribution is 2.07. The molecule has 0 fully saturated rings. The lowest BCUT2D eigenvalue weighted by Gasteiger charge is -2.16. The van der Waals surface area contributed by atoms with E-state index in [9.17, 15) is 4.79 Å². The topological polar surface area (TPSA) is 40.5 Å². The average molecular weight is 259 g/mol. The molecule has 102 valence electrons. The fourth-order valence-electron chi connectivity index (χ4n) is 1.76. The Morgan fingerprint density at radius 1 is 1.26 bits per heavy atom. The van der Waals surface area contributed by atoms with E-state index in [4.69, 9.17) is 5.11 Å². The van der Waals surface area contributed by atoms with Gasteiger partial charge in [-0.2, -0.15) is 0 Å². The molecular formula is C16H21NO2. The van der Waals surface area contributed by atoms with E-state index in [-0.39, 0.29) is 12.5 Å². The van der Waals surface area contributed by atoms with Crippen LogP contribution in [0.2, 0.25) is 0 Å². The van der Waals surface area contributed by atoms with Crippen molar-refractivity contribution in [3.8, 4) is 11.8 Å². The minimum atomic E-state index is -0.152. The van der Waals surface area contributed by atoms with Gasteiger partial charge >= 0.3 is 0 Å². The van der Waals surface area contributed by atoms with Crippen LogP contribution in [0.4, 0.5) is 0 Å². The maximum Gasteiger partial charge on any atom is 0.253 e. The molecule has 0 aliphatic heterocycles. The lowest BCUT2D eigenvalue weighted by atomic mass is 10.1. The fourth-order valence-corrected chi connectivity index (χ4v) is 1.76. The molecule has 0 heterocycles. The normalized spacial score (nSPS) is 9.63. The van der Waals surface area contributed by atoms with Crippen LogP contribution in [0.15, 0.2) is 24.3 Å². The Hall–Kier alpha value is -1.79. The molecule has 3 nitrogen and oxygen atoms in total. The highest BCUT2D eigenvalue weighted by atomic mass is 16.2. The first kappa shape index (κ1) is 15.3. The predicted octanol–water partition coefficient (Wildman–Crippen LogP) is 2.29. The molecule has 0 saturated heterocycles. The Balaban J connectivity index is 2.61. The smallest absolute Gasteiger partial charge is 0.253 e. The molecule has 1 aromatic carbocycles. The van der Waals surface area contributed by atoms with Crippen molar-refractivity contribution in [1.29, 1.82) is 0 Å². The Bertz CT molecular complexity index is 454. The molecule has 0 saturated carbocycles. The predicted molar refractivity (Wildman–Crippen MR) is 76.9 cm³/mol. The highest BCUT2D eigenvalue weighted by molar-refractivity contribution is 5.94. The molecule has 0 radical (unpaired) electrons. The Morgan fingerprint density at radius 3 is 2.53 bits per heavy atom. The molecule has 1 N–H and O–H groups in total. The Labute approximate surface area is 115 Å². The van der Waals surface area contributed by atoms with Crippen LogP contribution in [-0.2, 0) is 0 Å². The van der Waals surface area contributed by atoms with Gasteiger partial charge in [0.05, 0.1) is 0 Å². The summed E-state index contributed by atoms with van der Waals surface area (Å²) in [6.45, 7) is 2.79. The van der Waals surface area contributed by atoms with Crippen molar-refractivity contribution >= 4 is 5.91 Å². The zero-order valence-corrected chi connectivity index (χ0v) is 11.6. The van der Waals surface area contributed by atoms with E-state index in [1.165, 1.54) is 0 Å². The highest BCUT2D eigenvalue weighted by Gasteiger charge is 2.10. The summed E-state index contributed by atoms with van der Waals surface area (Å²) in [6.07, 6.45) is 3.34. The van der Waals surface area contributed by atoms with Crippen molar-refractivity contribution in [2.45, 2.75) is 26.2 Å². The quantitative estimate of drug-likeness (QED) is 0.651. The number of carbonyl (C=O) groups excluding carboxylic acids is 1. The zero-order valence-electron chi connectivity index (χ0n) is 11.6. The van der Waals surface area contributed by atoms with Gasteiger partial charge in [-0.25, -0.2) is 0 Å². The van der Waals surface area contributed by atoms with Gasteiger partial charge in [-0.1, -0.05) is 31.6 Å². The van der Waals surface area contributed by atoms with Crippen LogP contribution < -0.4 is 0 Å². The first-order chi connectivity index (χ1) is 9.19. The standard InChI is InChI=1S/C16H21NO2/c1-3-4-5-12-17(2)16(19)15-10-8-14(9-11-15)7-6-13-18/h8-11,18H,3-5,12-13H2,1-2H3. The second-order valence-electron chi connectivity index (χ2n) is 4.47. The maximum absolute atomic E-state index is 12.1. The number of hydrogen-bond acceptors (Lipinski definition) is 2. The molecule has 19 heavy (non-hydrogen) atoms. The van der Waals surface area contributed by atoms with Gasteiger partial charge < -0.3 is 10.0 Å². The van der Waals surface area contributed by atoms with Gasteiger partial charge in [-0.05, 0) is 30.7 Å². The number of unbranched alkanes of at least 4 members (excludes halogenated alkanes) is 2. The molecule has 0 aromatic heterocycles. The molecule has 0 aliphatic carbocycles. The number of rotatable bonds is 5. The average Bonchev–Trinajstić information content (AvgIpc) is 2.45. The van der Waals surface area contributed by atoms with Crippen LogP contribution in [0.3, 0.4) is 0 Å². The molecule has 0 spiro atoms. The number of benzene rings is 1. The summed E-state index contributed by atoms with van der Waals surface area (Å²) in [7, 11) is 1.83. The number of aliphatic hydroxyl groups excluding tert-OH is 1. The van der Waals surface area contributed by atoms with Crippen molar-refractivity contribution in [1.82, 2.24) is 4.90 Å². The van der Waals surface area contributed by atoms with Crippen molar-refractivity contribution in [2.75, 3.05) is 20.2 Å². The summed E-state index contributed by atoms with van der Waals surface area (Å²) in [4.78, 5) is 13.9. The monoisotopic (exact) mass is 259 g/mol. The summed E-state index contributed by atoms with van der Waals surface area (Å²) in [5.74, 6) is 5.43. The van der Waals surface area contributed by atoms with E-state index in [0.29, 0.717) is 5.56 Å². The third-order valence-electron chi connectivity index (χ3n) is 2.89. The van der Waals surface area contributed by atoms with Gasteiger partial charge in [0.15, 0.2) is 0 Å². The van der Waals surface area contributed by atoms with Crippen molar-refractivity contribution in [3.05, 3.63) is 35.4 Å². The van der Waals surface area contributed by atoms with Crippen molar-refractivity contribution < 1.29 is 9.90 Å². The molecular weight excluding hydrogens is 238 g/mol. The van der Waals surface area contributed by atoms with Gasteiger partial charge in [0.1, 0.15) is 6.61 Å². The van der Waals surface area contributed by atoms with Crippen LogP contribution in [0.25, 0.3) is 0 Å². The summed E-state index contributed by atoms with van der Waals surface area (Å²) < 4.78 is 0. The van der Waals surface area contributed by atoms with Gasteiger partial charge in [-0.15, -0.1) is 0 Å². The number of carbonyl (C=O) groups is 1. The van der Waals surface area contributed by atoms with Gasteiger partial charge in [0, 0.05) is 24.7 Å². The van der Waals surface area contributed by atoms with E-state index in [2.05, 4.69) is 18.8 Å². The number of hydrogen-bond donors (Lipinski definition) is 1. The zero-order chi connectivity index (χ0) is 14.1. The molecule has 0 atom stereocenters. The molecule has 0 unspecified atom stereocenters. The van der Waals surface area contributed by atoms with E-state index in [1.807, 2.05) is 7.05 Å². The number of amides is 1. The Kier molecular flexibility index (Phi) is 6.70. The molecule has 0 bridgehead atoms. The van der Waals surface area contributed by atoms with E-state index >= 15 is 0 Å². The summed E-state index contributed by atoms with van der Waals surface area (Å²) in [6, 6.07) is 7.16. The van der Waals surface area contributed by atoms with Crippen molar-refractivity contribution in [2.24, 2.45) is 0 Å². The number of nitrogens with zero attached hydrogens (tertiary/aromatic N) is 1. The van der Waals surface area contributed by atoms with E-state index in [0.717, 1.165) is 31.4 Å². The second-order valence-corrected chi connectivity index (χ2v) is 4.47. The molecule has 1 rings (SSSR count). The Morgan fingerprint density at radius 2 is 1.95 bits per heavy atom. The largest absolute Gasteiger partial charge is 0.384 e. The van der Waals surface area contributed by atoms with Crippen LogP contribution in [-0.4, -0.2) is 36.1 Å². The lowest BCUT2D eigenvalue weighted by molar-refractivity contribution is 0.0792. The summed E-state index contributed by atoms with van der Waals surface area (Å²) in [5, 5.41) is 8.61. The van der Waals surface area contributed by atoms with Crippen LogP contribution in [0.5, 0.6) is 0 Å². The van der Waals surface area contributed by atoms with E-state index < -0.39 is 0 Å². The molecule has 1 aromatic rings. The first-order valence-electron chi connectivity index (χ1n) is 6.64. The molecule has 1 amide bonds. The lowest BCUT2D eigenvalue weighted by Crippen LogP contribution is -2.27. The minimum absolute atomic E-state index is 0.0396. The van der Waals surface area contributed by atoms with Gasteiger partial charge in [0.25, 0.3) is 5.91 Å². The third kappa shape index (κ3) is 5.15. The third-order valence-corrected chi connectivity index (χ3v) is 2.89. The SMILES string of the molecule is CCCCCN(C)C(=O)c1ccc(C#CCO)cc1. The van der Waals surface area contributed by atoms with Gasteiger partial charge in [0.2, 0.25) is 0 Å².